The van der Waals surface area contributed by atoms with Crippen molar-refractivity contribution in [3.63, 3.8) is 0 Å². The topological polar surface area (TPSA) is 109 Å². The summed E-state index contributed by atoms with van der Waals surface area (Å²) in [7, 11) is 0. The van der Waals surface area contributed by atoms with Crippen LogP contribution in [0.2, 0.25) is 0 Å². The Balaban J connectivity index is 1.46. The number of carbonyl (C=O) groups excluding carboxylic acids is 3. The molecule has 3 aromatic rings. The Morgan fingerprint density at radius 1 is 0.838 bits per heavy atom. The average Bonchev–Trinajstić information content (AvgIpc) is 2.92. The number of carbonyl (C=O) groups is 3. The predicted molar refractivity (Wildman–Crippen MR) is 147 cm³/mol. The summed E-state index contributed by atoms with van der Waals surface area (Å²) in [6.45, 7) is 2.43. The molecule has 0 aromatic heterocycles. The van der Waals surface area contributed by atoms with E-state index < -0.39 is 11.8 Å². The third kappa shape index (κ3) is 9.05. The van der Waals surface area contributed by atoms with Gasteiger partial charge in [-0.25, -0.2) is 0 Å². The van der Waals surface area contributed by atoms with E-state index in [1.807, 2.05) is 37.3 Å². The van der Waals surface area contributed by atoms with Crippen LogP contribution in [0.3, 0.4) is 0 Å². The minimum Gasteiger partial charge on any atom is -0.492 e. The van der Waals surface area contributed by atoms with Gasteiger partial charge in [0.25, 0.3) is 11.8 Å². The van der Waals surface area contributed by atoms with Crippen LogP contribution < -0.4 is 26.2 Å². The van der Waals surface area contributed by atoms with Gasteiger partial charge < -0.3 is 10.1 Å². The van der Waals surface area contributed by atoms with Crippen LogP contribution >= 0.6 is 12.2 Å². The molecule has 0 fully saturated rings. The van der Waals surface area contributed by atoms with Crippen molar-refractivity contribution in [2.75, 3.05) is 11.9 Å². The van der Waals surface area contributed by atoms with Crippen LogP contribution in [0.1, 0.15) is 52.5 Å². The van der Waals surface area contributed by atoms with Crippen molar-refractivity contribution in [2.45, 2.75) is 32.6 Å². The molecule has 8 nitrogen and oxygen atoms in total. The van der Waals surface area contributed by atoms with Crippen LogP contribution in [0.5, 0.6) is 5.75 Å². The normalized spacial score (nSPS) is 10.2. The highest BCUT2D eigenvalue weighted by Gasteiger charge is 2.14. The average molecular weight is 519 g/mol. The molecule has 0 bridgehead atoms. The second-order valence-electron chi connectivity index (χ2n) is 8.17. The molecule has 4 N–H and O–H groups in total. The van der Waals surface area contributed by atoms with Gasteiger partial charge in [-0.3, -0.25) is 30.6 Å². The van der Waals surface area contributed by atoms with Crippen LogP contribution in [-0.2, 0) is 11.2 Å². The van der Waals surface area contributed by atoms with Gasteiger partial charge in [0.15, 0.2) is 5.11 Å². The number of benzene rings is 3. The number of thiocarbonyl (C=S) groups is 1. The van der Waals surface area contributed by atoms with Crippen molar-refractivity contribution < 1.29 is 19.1 Å². The SMILES string of the molecule is CCCCC(=O)Nc1ccc(C(=O)NNC(=S)NC(=O)c2ccccc2OCCc2ccccc2)cc1. The van der Waals surface area contributed by atoms with Crippen LogP contribution in [-0.4, -0.2) is 29.4 Å². The lowest BCUT2D eigenvalue weighted by atomic mass is 10.1. The maximum Gasteiger partial charge on any atom is 0.269 e. The molecule has 0 aliphatic rings. The Hall–Kier alpha value is -4.24. The van der Waals surface area contributed by atoms with Crippen LogP contribution in [0, 0.1) is 0 Å². The molecule has 3 aromatic carbocycles. The number of para-hydroxylation sites is 1. The van der Waals surface area contributed by atoms with E-state index in [4.69, 9.17) is 17.0 Å². The predicted octanol–water partition coefficient (Wildman–Crippen LogP) is 4.39. The van der Waals surface area contributed by atoms with E-state index >= 15 is 0 Å². The molecule has 37 heavy (non-hydrogen) atoms. The van der Waals surface area contributed by atoms with Gasteiger partial charge in [0, 0.05) is 24.1 Å². The maximum absolute atomic E-state index is 12.7. The molecule has 192 valence electrons. The smallest absolute Gasteiger partial charge is 0.269 e. The molecule has 0 saturated carbocycles. The molecular weight excluding hydrogens is 488 g/mol. The van der Waals surface area contributed by atoms with Crippen molar-refractivity contribution >= 4 is 40.7 Å². The third-order valence-electron chi connectivity index (χ3n) is 5.33. The fourth-order valence-electron chi connectivity index (χ4n) is 3.36. The first-order valence-electron chi connectivity index (χ1n) is 12.0. The van der Waals surface area contributed by atoms with E-state index in [2.05, 4.69) is 21.5 Å². The lowest BCUT2D eigenvalue weighted by Gasteiger charge is -2.14. The summed E-state index contributed by atoms with van der Waals surface area (Å²) in [5.74, 6) is -0.551. The monoisotopic (exact) mass is 518 g/mol. The van der Waals surface area contributed by atoms with Gasteiger partial charge in [-0.05, 0) is 60.6 Å². The molecule has 0 spiro atoms. The number of anilines is 1. The first kappa shape index (κ1) is 27.3. The Morgan fingerprint density at radius 3 is 2.27 bits per heavy atom. The number of unbranched alkanes of at least 4 members (excludes halogenated alkanes) is 1. The molecule has 0 aliphatic heterocycles. The van der Waals surface area contributed by atoms with E-state index in [-0.39, 0.29) is 11.0 Å². The standard InChI is InChI=1S/C28H30N4O4S/c1-2-3-13-25(33)29-22-16-14-21(15-17-22)26(34)31-32-28(37)30-27(35)23-11-7-8-12-24(23)36-19-18-20-9-5-4-6-10-20/h4-12,14-17H,2-3,13,18-19H2,1H3,(H,29,33)(H,31,34)(H2,30,32,35,37). The highest BCUT2D eigenvalue weighted by molar-refractivity contribution is 7.80. The Bertz CT molecular complexity index is 1220. The summed E-state index contributed by atoms with van der Waals surface area (Å²) in [5.41, 5.74) is 7.39. The minimum absolute atomic E-state index is 0.0648. The summed E-state index contributed by atoms with van der Waals surface area (Å²) >= 11 is 5.15. The van der Waals surface area contributed by atoms with E-state index in [1.165, 1.54) is 0 Å². The summed E-state index contributed by atoms with van der Waals surface area (Å²) < 4.78 is 5.83. The highest BCUT2D eigenvalue weighted by Crippen LogP contribution is 2.18. The molecular formula is C28H30N4O4S. The zero-order valence-corrected chi connectivity index (χ0v) is 21.4. The summed E-state index contributed by atoms with van der Waals surface area (Å²) in [5, 5.41) is 5.26. The molecule has 3 amide bonds. The van der Waals surface area contributed by atoms with E-state index in [0.29, 0.717) is 42.0 Å². The second kappa shape index (κ2) is 14.4. The fourth-order valence-corrected chi connectivity index (χ4v) is 3.50. The van der Waals surface area contributed by atoms with Crippen LogP contribution in [0.4, 0.5) is 5.69 Å². The third-order valence-corrected chi connectivity index (χ3v) is 5.53. The number of nitrogens with one attached hydrogen (secondary N) is 4. The van der Waals surface area contributed by atoms with Crippen molar-refractivity contribution in [1.29, 1.82) is 0 Å². The zero-order valence-electron chi connectivity index (χ0n) is 20.6. The molecule has 0 atom stereocenters. The molecule has 0 unspecified atom stereocenters. The van der Waals surface area contributed by atoms with Gasteiger partial charge in [-0.1, -0.05) is 55.8 Å². The Labute approximate surface area is 221 Å². The van der Waals surface area contributed by atoms with Crippen LogP contribution in [0.15, 0.2) is 78.9 Å². The van der Waals surface area contributed by atoms with Crippen molar-refractivity contribution in [1.82, 2.24) is 16.2 Å². The molecule has 0 aliphatic carbocycles. The summed E-state index contributed by atoms with van der Waals surface area (Å²) in [6, 6.07) is 23.2. The number of hydrogen-bond donors (Lipinski definition) is 4. The second-order valence-corrected chi connectivity index (χ2v) is 8.58. The van der Waals surface area contributed by atoms with Gasteiger partial charge in [0.1, 0.15) is 5.75 Å². The molecule has 0 radical (unpaired) electrons. The maximum atomic E-state index is 12.7. The van der Waals surface area contributed by atoms with E-state index in [0.717, 1.165) is 18.4 Å². The first-order chi connectivity index (χ1) is 18.0. The van der Waals surface area contributed by atoms with E-state index in [1.54, 1.807) is 48.5 Å². The molecule has 0 heterocycles. The Morgan fingerprint density at radius 2 is 1.54 bits per heavy atom. The number of hydrazine groups is 1. The minimum atomic E-state index is -0.467. The van der Waals surface area contributed by atoms with Crippen molar-refractivity contribution in [2.24, 2.45) is 0 Å². The molecule has 3 rings (SSSR count). The van der Waals surface area contributed by atoms with Crippen molar-refractivity contribution in [3.8, 4) is 5.75 Å². The quantitative estimate of drug-likeness (QED) is 0.234. The lowest BCUT2D eigenvalue weighted by Crippen LogP contribution is -2.48. The van der Waals surface area contributed by atoms with Gasteiger partial charge in [0.2, 0.25) is 5.91 Å². The number of rotatable bonds is 10. The summed E-state index contributed by atoms with van der Waals surface area (Å²) in [6.07, 6.45) is 2.92. The number of hydrogen-bond acceptors (Lipinski definition) is 5. The van der Waals surface area contributed by atoms with Gasteiger partial charge in [0.05, 0.1) is 12.2 Å². The number of amides is 3. The number of ether oxygens (including phenoxy) is 1. The van der Waals surface area contributed by atoms with E-state index in [9.17, 15) is 14.4 Å². The van der Waals surface area contributed by atoms with Crippen LogP contribution in [0.25, 0.3) is 0 Å². The highest BCUT2D eigenvalue weighted by atomic mass is 32.1. The van der Waals surface area contributed by atoms with Crippen molar-refractivity contribution in [3.05, 3.63) is 95.6 Å². The first-order valence-corrected chi connectivity index (χ1v) is 12.4. The molecule has 9 heteroatoms. The lowest BCUT2D eigenvalue weighted by molar-refractivity contribution is -0.116. The fraction of sp³-hybridized carbons (Fsp3) is 0.214. The summed E-state index contributed by atoms with van der Waals surface area (Å²) in [4.78, 5) is 37.0. The Kier molecular flexibility index (Phi) is 10.6. The molecule has 0 saturated heterocycles. The largest absolute Gasteiger partial charge is 0.492 e. The van der Waals surface area contributed by atoms with Gasteiger partial charge in [-0.2, -0.15) is 0 Å². The van der Waals surface area contributed by atoms with Gasteiger partial charge in [-0.15, -0.1) is 0 Å². The zero-order chi connectivity index (χ0) is 26.5. The van der Waals surface area contributed by atoms with Gasteiger partial charge >= 0.3 is 0 Å².